The van der Waals surface area contributed by atoms with Gasteiger partial charge in [-0.3, -0.25) is 0 Å². The smallest absolute Gasteiger partial charge is 0.122 e. The summed E-state index contributed by atoms with van der Waals surface area (Å²) in [6.45, 7) is 3.33. The molecule has 2 rings (SSSR count). The van der Waals surface area contributed by atoms with Crippen molar-refractivity contribution >= 4 is 11.6 Å². The van der Waals surface area contributed by atoms with Gasteiger partial charge < -0.3 is 10.1 Å². The zero-order chi connectivity index (χ0) is 12.3. The quantitative estimate of drug-likeness (QED) is 0.840. The average molecular weight is 254 g/mol. The summed E-state index contributed by atoms with van der Waals surface area (Å²) >= 11 is 6.02. The average Bonchev–Trinajstić information content (AvgIpc) is 3.10. The van der Waals surface area contributed by atoms with Crippen LogP contribution in [0.3, 0.4) is 0 Å². The van der Waals surface area contributed by atoms with Gasteiger partial charge in [0.25, 0.3) is 0 Å². The lowest BCUT2D eigenvalue weighted by Gasteiger charge is -2.15. The molecule has 2 nitrogen and oxygen atoms in total. The van der Waals surface area contributed by atoms with E-state index in [0.717, 1.165) is 29.8 Å². The molecule has 1 fully saturated rings. The van der Waals surface area contributed by atoms with Crippen molar-refractivity contribution in [2.75, 3.05) is 13.7 Å². The summed E-state index contributed by atoms with van der Waals surface area (Å²) in [6.07, 6.45) is 3.68. The molecule has 1 unspecified atom stereocenters. The molecule has 94 valence electrons. The Hall–Kier alpha value is -0.730. The van der Waals surface area contributed by atoms with E-state index in [0.29, 0.717) is 5.92 Å². The van der Waals surface area contributed by atoms with Gasteiger partial charge in [0.05, 0.1) is 7.11 Å². The van der Waals surface area contributed by atoms with Crippen LogP contribution in [0, 0.1) is 5.92 Å². The SMILES string of the molecule is COc1ccc(Cl)cc1CC(C)CNC1CC1. The van der Waals surface area contributed by atoms with Gasteiger partial charge in [0.15, 0.2) is 0 Å². The fourth-order valence-electron chi connectivity index (χ4n) is 2.01. The van der Waals surface area contributed by atoms with E-state index in [-0.39, 0.29) is 0 Å². The van der Waals surface area contributed by atoms with Crippen LogP contribution in [-0.2, 0) is 6.42 Å². The summed E-state index contributed by atoms with van der Waals surface area (Å²) in [7, 11) is 1.71. The van der Waals surface area contributed by atoms with Crippen molar-refractivity contribution in [2.24, 2.45) is 5.92 Å². The lowest BCUT2D eigenvalue weighted by atomic mass is 10.0. The molecular formula is C14H20ClNO. The van der Waals surface area contributed by atoms with Crippen molar-refractivity contribution in [1.82, 2.24) is 5.32 Å². The van der Waals surface area contributed by atoms with Crippen LogP contribution >= 0.6 is 11.6 Å². The maximum atomic E-state index is 6.02. The molecule has 3 heteroatoms. The second kappa shape index (κ2) is 5.74. The highest BCUT2D eigenvalue weighted by Gasteiger charge is 2.21. The zero-order valence-electron chi connectivity index (χ0n) is 10.5. The van der Waals surface area contributed by atoms with Crippen LogP contribution in [0.4, 0.5) is 0 Å². The van der Waals surface area contributed by atoms with Crippen molar-refractivity contribution in [3.05, 3.63) is 28.8 Å². The number of rotatable bonds is 6. The Kier molecular flexibility index (Phi) is 4.30. The highest BCUT2D eigenvalue weighted by molar-refractivity contribution is 6.30. The lowest BCUT2D eigenvalue weighted by Crippen LogP contribution is -2.24. The van der Waals surface area contributed by atoms with Crippen LogP contribution in [0.15, 0.2) is 18.2 Å². The molecule has 0 saturated heterocycles. The highest BCUT2D eigenvalue weighted by Crippen LogP contribution is 2.25. The molecule has 0 spiro atoms. The minimum atomic E-state index is 0.600. The van der Waals surface area contributed by atoms with Crippen LogP contribution < -0.4 is 10.1 Å². The zero-order valence-corrected chi connectivity index (χ0v) is 11.3. The molecule has 0 bridgehead atoms. The third-order valence-electron chi connectivity index (χ3n) is 3.14. The summed E-state index contributed by atoms with van der Waals surface area (Å²) in [6, 6.07) is 6.60. The van der Waals surface area contributed by atoms with Crippen molar-refractivity contribution in [3.63, 3.8) is 0 Å². The van der Waals surface area contributed by atoms with Crippen LogP contribution in [0.25, 0.3) is 0 Å². The largest absolute Gasteiger partial charge is 0.496 e. The number of ether oxygens (including phenoxy) is 1. The van der Waals surface area contributed by atoms with Gasteiger partial charge in [-0.1, -0.05) is 18.5 Å². The summed E-state index contributed by atoms with van der Waals surface area (Å²) < 4.78 is 5.36. The monoisotopic (exact) mass is 253 g/mol. The predicted octanol–water partition coefficient (Wildman–Crippen LogP) is 3.28. The molecule has 1 N–H and O–H groups in total. The van der Waals surface area contributed by atoms with Crippen molar-refractivity contribution < 1.29 is 4.74 Å². The lowest BCUT2D eigenvalue weighted by molar-refractivity contribution is 0.404. The van der Waals surface area contributed by atoms with E-state index >= 15 is 0 Å². The Morgan fingerprint density at radius 1 is 1.47 bits per heavy atom. The molecule has 1 aliphatic rings. The van der Waals surface area contributed by atoms with Crippen molar-refractivity contribution in [3.8, 4) is 5.75 Å². The topological polar surface area (TPSA) is 21.3 Å². The fraction of sp³-hybridized carbons (Fsp3) is 0.571. The second-order valence-corrected chi connectivity index (χ2v) is 5.38. The van der Waals surface area contributed by atoms with E-state index in [2.05, 4.69) is 12.2 Å². The van der Waals surface area contributed by atoms with Crippen LogP contribution in [0.2, 0.25) is 5.02 Å². The van der Waals surface area contributed by atoms with Crippen LogP contribution in [-0.4, -0.2) is 19.7 Å². The minimum absolute atomic E-state index is 0.600. The Morgan fingerprint density at radius 3 is 2.88 bits per heavy atom. The number of benzene rings is 1. The van der Waals surface area contributed by atoms with Gasteiger partial charge in [0.1, 0.15) is 5.75 Å². The normalized spacial score (nSPS) is 16.9. The predicted molar refractivity (Wildman–Crippen MR) is 71.9 cm³/mol. The minimum Gasteiger partial charge on any atom is -0.496 e. The van der Waals surface area contributed by atoms with Gasteiger partial charge in [-0.05, 0) is 55.5 Å². The molecule has 1 aromatic carbocycles. The molecule has 0 amide bonds. The number of hydrogen-bond donors (Lipinski definition) is 1. The van der Waals surface area contributed by atoms with Crippen molar-refractivity contribution in [2.45, 2.75) is 32.2 Å². The Labute approximate surface area is 108 Å². The fourth-order valence-corrected chi connectivity index (χ4v) is 2.20. The van der Waals surface area contributed by atoms with Gasteiger partial charge in [-0.15, -0.1) is 0 Å². The van der Waals surface area contributed by atoms with Gasteiger partial charge in [0, 0.05) is 11.1 Å². The first-order chi connectivity index (χ1) is 8.19. The molecule has 0 radical (unpaired) electrons. The first kappa shape index (κ1) is 12.7. The molecule has 17 heavy (non-hydrogen) atoms. The Balaban J connectivity index is 1.92. The van der Waals surface area contributed by atoms with E-state index in [4.69, 9.17) is 16.3 Å². The number of halogens is 1. The number of nitrogens with one attached hydrogen (secondary N) is 1. The summed E-state index contributed by atoms with van der Waals surface area (Å²) in [5.41, 5.74) is 1.20. The van der Waals surface area contributed by atoms with Crippen LogP contribution in [0.5, 0.6) is 5.75 Å². The van der Waals surface area contributed by atoms with E-state index < -0.39 is 0 Å². The summed E-state index contributed by atoms with van der Waals surface area (Å²) in [5.74, 6) is 1.54. The van der Waals surface area contributed by atoms with Gasteiger partial charge in [-0.2, -0.15) is 0 Å². The van der Waals surface area contributed by atoms with E-state index in [1.165, 1.54) is 18.4 Å². The van der Waals surface area contributed by atoms with Gasteiger partial charge >= 0.3 is 0 Å². The molecular weight excluding hydrogens is 234 g/mol. The molecule has 1 atom stereocenters. The Morgan fingerprint density at radius 2 is 2.24 bits per heavy atom. The summed E-state index contributed by atoms with van der Waals surface area (Å²) in [4.78, 5) is 0. The first-order valence-corrected chi connectivity index (χ1v) is 6.62. The van der Waals surface area contributed by atoms with E-state index in [1.54, 1.807) is 7.11 Å². The van der Waals surface area contributed by atoms with Gasteiger partial charge in [0.2, 0.25) is 0 Å². The third kappa shape index (κ3) is 3.90. The maximum absolute atomic E-state index is 6.02. The second-order valence-electron chi connectivity index (χ2n) is 4.95. The highest BCUT2D eigenvalue weighted by atomic mass is 35.5. The molecule has 0 aromatic heterocycles. The van der Waals surface area contributed by atoms with Crippen LogP contribution in [0.1, 0.15) is 25.3 Å². The van der Waals surface area contributed by atoms with Crippen molar-refractivity contribution in [1.29, 1.82) is 0 Å². The Bertz CT molecular complexity index is 376. The molecule has 1 aliphatic carbocycles. The molecule has 0 aliphatic heterocycles. The standard InChI is InChI=1S/C14H20ClNO/c1-10(9-16-13-4-5-13)7-11-8-12(15)3-6-14(11)17-2/h3,6,8,10,13,16H,4-5,7,9H2,1-2H3. The number of methoxy groups -OCH3 is 1. The maximum Gasteiger partial charge on any atom is 0.122 e. The third-order valence-corrected chi connectivity index (χ3v) is 3.38. The first-order valence-electron chi connectivity index (χ1n) is 6.25. The summed E-state index contributed by atoms with van der Waals surface area (Å²) in [5, 5.41) is 4.34. The molecule has 1 aromatic rings. The van der Waals surface area contributed by atoms with E-state index in [1.807, 2.05) is 18.2 Å². The van der Waals surface area contributed by atoms with Gasteiger partial charge in [-0.25, -0.2) is 0 Å². The van der Waals surface area contributed by atoms with E-state index in [9.17, 15) is 0 Å². The molecule has 1 saturated carbocycles. The number of hydrogen-bond acceptors (Lipinski definition) is 2. The molecule has 0 heterocycles.